The molecule has 15 nitrogen and oxygen atoms in total. The first kappa shape index (κ1) is 32.5. The lowest BCUT2D eigenvalue weighted by Gasteiger charge is -2.22. The second-order valence-corrected chi connectivity index (χ2v) is 11.9. The van der Waals surface area contributed by atoms with E-state index in [9.17, 15) is 24.3 Å². The number of nitrogens with one attached hydrogen (secondary N) is 1. The van der Waals surface area contributed by atoms with E-state index >= 15 is 0 Å². The molecule has 3 atom stereocenters. The molecule has 0 saturated carbocycles. The highest BCUT2D eigenvalue weighted by Crippen LogP contribution is 2.35. The standard InChI is InChI=1S/C35H31N7O8/c1-20(2)30(44)38-34-37-29-28(31(39-34)50-35(47)41(21-11-5-3-6-12-21)22-13-7-4-8-14-22)36-19-40(29)27-17-25(43)26(49-27)18-48-42-32(45)23-15-9-10-16-24(23)33(42)46/h3-16,19-20,25-27,43H,17-18H2,1-2H3,(H,37,38,39,44)/t25-,26+,27+/m0/s1. The van der Waals surface area contributed by atoms with Crippen LogP contribution in [0.2, 0.25) is 0 Å². The smallest absolute Gasteiger partial charge is 0.390 e. The third-order valence-corrected chi connectivity index (χ3v) is 8.18. The Hall–Kier alpha value is -6.03. The molecule has 2 aromatic heterocycles. The number of aromatic nitrogens is 4. The van der Waals surface area contributed by atoms with Crippen LogP contribution in [0.25, 0.3) is 11.2 Å². The summed E-state index contributed by atoms with van der Waals surface area (Å²) in [6.07, 6.45) is -2.19. The van der Waals surface area contributed by atoms with E-state index in [1.165, 1.54) is 27.9 Å². The van der Waals surface area contributed by atoms with E-state index in [1.807, 2.05) is 12.1 Å². The van der Waals surface area contributed by atoms with Gasteiger partial charge in [0.1, 0.15) is 18.9 Å². The minimum absolute atomic E-state index is 0.0597. The Bertz CT molecular complexity index is 2010. The van der Waals surface area contributed by atoms with Gasteiger partial charge in [-0.05, 0) is 36.4 Å². The number of amides is 4. The number of hydroxylamine groups is 2. The number of carbonyl (C=O) groups is 4. The first-order valence-electron chi connectivity index (χ1n) is 15.8. The number of fused-ring (bicyclic) bond motifs is 2. The van der Waals surface area contributed by atoms with E-state index in [2.05, 4.69) is 20.3 Å². The SMILES string of the molecule is CC(C)C(=O)Nc1nc(OC(=O)N(c2ccccc2)c2ccccc2)c2ncn([C@H]3C[C@H](O)[C@@H](CON4C(=O)c5ccccc5C4=O)O3)c2n1. The number of ether oxygens (including phenoxy) is 2. The molecule has 2 N–H and O–H groups in total. The molecule has 0 unspecified atom stereocenters. The third-order valence-electron chi connectivity index (χ3n) is 8.18. The van der Waals surface area contributed by atoms with Gasteiger partial charge in [-0.2, -0.15) is 9.97 Å². The Labute approximate surface area is 285 Å². The van der Waals surface area contributed by atoms with Gasteiger partial charge in [-0.3, -0.25) is 29.1 Å². The molecular weight excluding hydrogens is 646 g/mol. The van der Waals surface area contributed by atoms with Gasteiger partial charge in [0.15, 0.2) is 11.2 Å². The molecule has 2 aliphatic heterocycles. The van der Waals surface area contributed by atoms with Crippen molar-refractivity contribution in [1.82, 2.24) is 24.6 Å². The molecule has 1 fully saturated rings. The normalized spacial score (nSPS) is 18.5. The molecule has 0 bridgehead atoms. The lowest BCUT2D eigenvalue weighted by atomic mass is 10.1. The van der Waals surface area contributed by atoms with E-state index < -0.39 is 42.3 Å². The van der Waals surface area contributed by atoms with Crippen LogP contribution in [-0.4, -0.2) is 72.3 Å². The number of imidazole rings is 1. The van der Waals surface area contributed by atoms with Crippen LogP contribution in [0.1, 0.15) is 47.2 Å². The minimum atomic E-state index is -1.06. The third kappa shape index (κ3) is 6.16. The van der Waals surface area contributed by atoms with Gasteiger partial charge >= 0.3 is 6.09 Å². The molecule has 4 amide bonds. The zero-order chi connectivity index (χ0) is 34.9. The maximum absolute atomic E-state index is 13.8. The summed E-state index contributed by atoms with van der Waals surface area (Å²) in [6, 6.07) is 24.2. The molecule has 3 aromatic carbocycles. The fourth-order valence-electron chi connectivity index (χ4n) is 5.59. The highest BCUT2D eigenvalue weighted by molar-refractivity contribution is 6.20. The van der Waals surface area contributed by atoms with E-state index in [0.29, 0.717) is 16.4 Å². The number of anilines is 3. The molecule has 5 aromatic rings. The summed E-state index contributed by atoms with van der Waals surface area (Å²) >= 11 is 0. The zero-order valence-corrected chi connectivity index (χ0v) is 26.9. The summed E-state index contributed by atoms with van der Waals surface area (Å²) in [4.78, 5) is 72.2. The molecule has 254 valence electrons. The Balaban J connectivity index is 1.16. The van der Waals surface area contributed by atoms with Crippen LogP contribution < -0.4 is 15.0 Å². The molecular formula is C35H31N7O8. The second kappa shape index (κ2) is 13.5. The lowest BCUT2D eigenvalue weighted by molar-refractivity contribution is -0.140. The van der Waals surface area contributed by atoms with E-state index in [0.717, 1.165) is 0 Å². The minimum Gasteiger partial charge on any atom is -0.390 e. The van der Waals surface area contributed by atoms with Gasteiger partial charge in [-0.1, -0.05) is 62.4 Å². The number of para-hydroxylation sites is 2. The van der Waals surface area contributed by atoms with Crippen molar-refractivity contribution in [3.05, 3.63) is 102 Å². The maximum Gasteiger partial charge on any atom is 0.425 e. The van der Waals surface area contributed by atoms with Crippen molar-refractivity contribution >= 4 is 52.3 Å². The second-order valence-electron chi connectivity index (χ2n) is 11.9. The van der Waals surface area contributed by atoms with Gasteiger partial charge in [-0.25, -0.2) is 14.7 Å². The van der Waals surface area contributed by atoms with Gasteiger partial charge in [0.2, 0.25) is 11.9 Å². The number of carbonyl (C=O) groups excluding carboxylic acids is 4. The van der Waals surface area contributed by atoms with E-state index in [4.69, 9.17) is 14.3 Å². The van der Waals surface area contributed by atoms with Crippen LogP contribution in [0, 0.1) is 5.92 Å². The van der Waals surface area contributed by atoms with Crippen LogP contribution in [0.5, 0.6) is 5.88 Å². The first-order valence-corrected chi connectivity index (χ1v) is 15.8. The Kier molecular flexibility index (Phi) is 8.76. The maximum atomic E-state index is 13.8. The van der Waals surface area contributed by atoms with Crippen molar-refractivity contribution in [3.63, 3.8) is 0 Å². The number of aliphatic hydroxyl groups is 1. The topological polar surface area (TPSA) is 178 Å². The highest BCUT2D eigenvalue weighted by atomic mass is 16.7. The van der Waals surface area contributed by atoms with Crippen LogP contribution in [-0.2, 0) is 14.4 Å². The van der Waals surface area contributed by atoms with Gasteiger partial charge in [0, 0.05) is 12.3 Å². The number of hydrogen-bond donors (Lipinski definition) is 2. The number of hydrogen-bond acceptors (Lipinski definition) is 11. The van der Waals surface area contributed by atoms with Gasteiger partial charge < -0.3 is 14.6 Å². The lowest BCUT2D eigenvalue weighted by Crippen LogP contribution is -2.36. The molecule has 1 saturated heterocycles. The first-order chi connectivity index (χ1) is 24.2. The van der Waals surface area contributed by atoms with Gasteiger partial charge in [0.25, 0.3) is 17.7 Å². The molecule has 2 aliphatic rings. The molecule has 7 rings (SSSR count). The summed E-state index contributed by atoms with van der Waals surface area (Å²) in [5.41, 5.74) is 1.75. The monoisotopic (exact) mass is 677 g/mol. The predicted octanol–water partition coefficient (Wildman–Crippen LogP) is 4.63. The number of nitrogens with zero attached hydrogens (tertiary/aromatic N) is 6. The summed E-state index contributed by atoms with van der Waals surface area (Å²) in [7, 11) is 0. The van der Waals surface area contributed by atoms with Crippen molar-refractivity contribution in [2.45, 2.75) is 38.7 Å². The number of rotatable bonds is 9. The quantitative estimate of drug-likeness (QED) is 0.208. The molecule has 0 radical (unpaired) electrons. The average molecular weight is 678 g/mol. The fourth-order valence-corrected chi connectivity index (χ4v) is 5.59. The largest absolute Gasteiger partial charge is 0.425 e. The van der Waals surface area contributed by atoms with E-state index in [-0.39, 0.29) is 53.1 Å². The van der Waals surface area contributed by atoms with Gasteiger partial charge in [0.05, 0.1) is 34.9 Å². The number of imide groups is 1. The molecule has 0 spiro atoms. The number of aliphatic hydroxyl groups excluding tert-OH is 1. The average Bonchev–Trinajstić information content (AvgIpc) is 3.78. The molecule has 50 heavy (non-hydrogen) atoms. The molecule has 0 aliphatic carbocycles. The fraction of sp³-hybridized carbons (Fsp3) is 0.229. The van der Waals surface area contributed by atoms with Crippen LogP contribution >= 0.6 is 0 Å². The van der Waals surface area contributed by atoms with Crippen molar-refractivity contribution in [2.24, 2.45) is 5.92 Å². The van der Waals surface area contributed by atoms with Crippen molar-refractivity contribution in [2.75, 3.05) is 16.8 Å². The summed E-state index contributed by atoms with van der Waals surface area (Å²) in [5.74, 6) is -2.37. The highest BCUT2D eigenvalue weighted by Gasteiger charge is 2.41. The Morgan fingerprint density at radius 3 is 2.14 bits per heavy atom. The van der Waals surface area contributed by atoms with Crippen LogP contribution in [0.15, 0.2) is 91.3 Å². The van der Waals surface area contributed by atoms with Crippen LogP contribution in [0.3, 0.4) is 0 Å². The predicted molar refractivity (Wildman–Crippen MR) is 177 cm³/mol. The molecule has 15 heteroatoms. The van der Waals surface area contributed by atoms with Gasteiger partial charge in [-0.15, -0.1) is 5.06 Å². The van der Waals surface area contributed by atoms with Crippen LogP contribution in [0.4, 0.5) is 22.1 Å². The zero-order valence-electron chi connectivity index (χ0n) is 26.9. The summed E-state index contributed by atoms with van der Waals surface area (Å²) < 4.78 is 13.5. The summed E-state index contributed by atoms with van der Waals surface area (Å²) in [5, 5.41) is 14.2. The van der Waals surface area contributed by atoms with Crippen molar-refractivity contribution < 1.29 is 38.6 Å². The van der Waals surface area contributed by atoms with Crippen molar-refractivity contribution in [1.29, 1.82) is 0 Å². The van der Waals surface area contributed by atoms with Crippen molar-refractivity contribution in [3.8, 4) is 5.88 Å². The molecule has 4 heterocycles. The summed E-state index contributed by atoms with van der Waals surface area (Å²) in [6.45, 7) is 3.10. The Morgan fingerprint density at radius 2 is 1.54 bits per heavy atom. The Morgan fingerprint density at radius 1 is 0.940 bits per heavy atom. The number of benzene rings is 3. The van der Waals surface area contributed by atoms with E-state index in [1.54, 1.807) is 74.5 Å².